The van der Waals surface area contributed by atoms with E-state index in [1.165, 1.54) is 19.3 Å². The van der Waals surface area contributed by atoms with Crippen molar-refractivity contribution in [2.75, 3.05) is 19.6 Å². The zero-order valence-electron chi connectivity index (χ0n) is 8.25. The molecule has 0 unspecified atom stereocenters. The number of piperidine rings is 1. The molecule has 0 atom stereocenters. The smallest absolute Gasteiger partial charge is 0.248 e. The number of nitrogens with zero attached hydrogens (tertiary/aromatic N) is 1. The summed E-state index contributed by atoms with van der Waals surface area (Å²) >= 11 is 0. The van der Waals surface area contributed by atoms with Crippen molar-refractivity contribution in [2.24, 2.45) is 11.8 Å². The summed E-state index contributed by atoms with van der Waals surface area (Å²) in [5, 5.41) is 0. The molecule has 4 nitrogen and oxygen atoms in total. The number of nitrogens with two attached hydrogens (primary N) is 1. The summed E-state index contributed by atoms with van der Waals surface area (Å²) < 4.78 is 0. The molecule has 0 aromatic carbocycles. The second-order valence-corrected chi connectivity index (χ2v) is 3.70. The van der Waals surface area contributed by atoms with Gasteiger partial charge in [0.1, 0.15) is 0 Å². The summed E-state index contributed by atoms with van der Waals surface area (Å²) in [7, 11) is 0. The quantitative estimate of drug-likeness (QED) is 0.372. The van der Waals surface area contributed by atoms with Gasteiger partial charge in [-0.05, 0) is 31.8 Å². The molecule has 0 aromatic rings. The Kier molecular flexibility index (Phi) is 4.18. The van der Waals surface area contributed by atoms with Crippen molar-refractivity contribution >= 4 is 5.91 Å². The summed E-state index contributed by atoms with van der Waals surface area (Å²) in [6, 6.07) is 0. The minimum Gasteiger partial charge on any atom is -0.294 e. The zero-order valence-corrected chi connectivity index (χ0v) is 8.25. The lowest BCUT2D eigenvalue weighted by Gasteiger charge is -2.30. The molecule has 0 bridgehead atoms. The van der Waals surface area contributed by atoms with Crippen LogP contribution in [0, 0.1) is 5.92 Å². The lowest BCUT2D eigenvalue weighted by atomic mass is 9.94. The maximum atomic E-state index is 11.0. The molecule has 1 rings (SSSR count). The Morgan fingerprint density at radius 2 is 2.15 bits per heavy atom. The number of nitrogens with one attached hydrogen (secondary N) is 1. The number of carbonyl (C=O) groups excluding carboxylic acids is 1. The molecule has 0 aliphatic carbocycles. The monoisotopic (exact) mass is 185 g/mol. The minimum absolute atomic E-state index is 0.0880. The average molecular weight is 185 g/mol. The highest BCUT2D eigenvalue weighted by molar-refractivity contribution is 5.77. The highest BCUT2D eigenvalue weighted by Crippen LogP contribution is 2.19. The van der Waals surface area contributed by atoms with Crippen LogP contribution in [0.1, 0.15) is 26.2 Å². The molecule has 1 aliphatic heterocycles. The van der Waals surface area contributed by atoms with Crippen LogP contribution in [0.5, 0.6) is 0 Å². The second-order valence-electron chi connectivity index (χ2n) is 3.70. The standard InChI is InChI=1S/C9H19N3O/c1-2-8-3-5-12(6-4-8)7-9(13)11-10/h8H,2-7,10H2,1H3,(H,11,13). The van der Waals surface area contributed by atoms with Crippen LogP contribution in [0.4, 0.5) is 0 Å². The van der Waals surface area contributed by atoms with E-state index in [1.54, 1.807) is 0 Å². The van der Waals surface area contributed by atoms with Crippen LogP contribution >= 0.6 is 0 Å². The molecule has 13 heavy (non-hydrogen) atoms. The average Bonchev–Trinajstić information content (AvgIpc) is 2.19. The highest BCUT2D eigenvalue weighted by atomic mass is 16.2. The molecule has 1 amide bonds. The molecule has 1 saturated heterocycles. The van der Waals surface area contributed by atoms with Crippen molar-refractivity contribution in [3.05, 3.63) is 0 Å². The molecule has 3 N–H and O–H groups in total. The normalized spacial score (nSPS) is 20.2. The first-order valence-electron chi connectivity index (χ1n) is 4.98. The number of carbonyl (C=O) groups is 1. The SMILES string of the molecule is CCC1CCN(CC(=O)NN)CC1. The van der Waals surface area contributed by atoms with Crippen LogP contribution in [0.15, 0.2) is 0 Å². The van der Waals surface area contributed by atoms with Crippen LogP contribution < -0.4 is 11.3 Å². The first-order chi connectivity index (χ1) is 6.26. The van der Waals surface area contributed by atoms with Crippen molar-refractivity contribution in [3.63, 3.8) is 0 Å². The predicted molar refractivity (Wildman–Crippen MR) is 51.8 cm³/mol. The van der Waals surface area contributed by atoms with E-state index in [-0.39, 0.29) is 5.91 Å². The minimum atomic E-state index is -0.0880. The van der Waals surface area contributed by atoms with Crippen molar-refractivity contribution in [2.45, 2.75) is 26.2 Å². The van der Waals surface area contributed by atoms with Crippen LogP contribution in [0.2, 0.25) is 0 Å². The van der Waals surface area contributed by atoms with Gasteiger partial charge in [-0.1, -0.05) is 13.3 Å². The van der Waals surface area contributed by atoms with Gasteiger partial charge in [0.15, 0.2) is 0 Å². The van der Waals surface area contributed by atoms with Crippen LogP contribution in [0.25, 0.3) is 0 Å². The van der Waals surface area contributed by atoms with E-state index in [0.717, 1.165) is 19.0 Å². The Morgan fingerprint density at radius 3 is 2.62 bits per heavy atom. The number of rotatable bonds is 3. The molecule has 0 aromatic heterocycles. The predicted octanol–water partition coefficient (Wildman–Crippen LogP) is 0.0983. The van der Waals surface area contributed by atoms with Gasteiger partial charge in [-0.3, -0.25) is 15.1 Å². The second kappa shape index (κ2) is 5.19. The fraction of sp³-hybridized carbons (Fsp3) is 0.889. The number of hydrogen-bond donors (Lipinski definition) is 2. The fourth-order valence-corrected chi connectivity index (χ4v) is 1.80. The van der Waals surface area contributed by atoms with Crippen molar-refractivity contribution < 1.29 is 4.79 Å². The van der Waals surface area contributed by atoms with Crippen LogP contribution in [0.3, 0.4) is 0 Å². The highest BCUT2D eigenvalue weighted by Gasteiger charge is 2.18. The van der Waals surface area contributed by atoms with E-state index in [4.69, 9.17) is 5.84 Å². The van der Waals surface area contributed by atoms with E-state index in [2.05, 4.69) is 17.2 Å². The molecule has 4 heteroatoms. The largest absolute Gasteiger partial charge is 0.294 e. The van der Waals surface area contributed by atoms with Crippen molar-refractivity contribution in [1.82, 2.24) is 10.3 Å². The maximum Gasteiger partial charge on any atom is 0.248 e. The molecular weight excluding hydrogens is 166 g/mol. The lowest BCUT2D eigenvalue weighted by molar-refractivity contribution is -0.122. The summed E-state index contributed by atoms with van der Waals surface area (Å²) in [6.07, 6.45) is 3.69. The van der Waals surface area contributed by atoms with Gasteiger partial charge < -0.3 is 0 Å². The summed E-state index contributed by atoms with van der Waals surface area (Å²) in [4.78, 5) is 13.1. The molecule has 1 fully saturated rings. The van der Waals surface area contributed by atoms with Gasteiger partial charge in [-0.25, -0.2) is 5.84 Å². The van der Waals surface area contributed by atoms with E-state index >= 15 is 0 Å². The Bertz CT molecular complexity index is 164. The third kappa shape index (κ3) is 3.32. The van der Waals surface area contributed by atoms with Gasteiger partial charge in [0.2, 0.25) is 5.91 Å². The first-order valence-corrected chi connectivity index (χ1v) is 4.98. The summed E-state index contributed by atoms with van der Waals surface area (Å²) in [6.45, 7) is 4.75. The van der Waals surface area contributed by atoms with Gasteiger partial charge in [0, 0.05) is 0 Å². The van der Waals surface area contributed by atoms with Gasteiger partial charge >= 0.3 is 0 Å². The number of hydrazine groups is 1. The zero-order chi connectivity index (χ0) is 9.68. The number of likely N-dealkylation sites (tertiary alicyclic amines) is 1. The van der Waals surface area contributed by atoms with E-state index in [1.807, 2.05) is 0 Å². The van der Waals surface area contributed by atoms with E-state index in [0.29, 0.717) is 6.54 Å². The van der Waals surface area contributed by atoms with Crippen LogP contribution in [-0.4, -0.2) is 30.4 Å². The molecule has 76 valence electrons. The van der Waals surface area contributed by atoms with Gasteiger partial charge in [-0.15, -0.1) is 0 Å². The Hall–Kier alpha value is -0.610. The van der Waals surface area contributed by atoms with Crippen LogP contribution in [-0.2, 0) is 4.79 Å². The van der Waals surface area contributed by atoms with Gasteiger partial charge in [0.25, 0.3) is 0 Å². The molecule has 1 aliphatic rings. The third-order valence-electron chi connectivity index (χ3n) is 2.81. The van der Waals surface area contributed by atoms with Gasteiger partial charge in [-0.2, -0.15) is 0 Å². The number of amides is 1. The Morgan fingerprint density at radius 1 is 1.54 bits per heavy atom. The molecule has 0 radical (unpaired) electrons. The van der Waals surface area contributed by atoms with Crippen molar-refractivity contribution in [1.29, 1.82) is 0 Å². The molecule has 0 saturated carbocycles. The van der Waals surface area contributed by atoms with E-state index < -0.39 is 0 Å². The third-order valence-corrected chi connectivity index (χ3v) is 2.81. The lowest BCUT2D eigenvalue weighted by Crippen LogP contribution is -2.43. The fourth-order valence-electron chi connectivity index (χ4n) is 1.80. The number of hydrogen-bond acceptors (Lipinski definition) is 3. The van der Waals surface area contributed by atoms with Gasteiger partial charge in [0.05, 0.1) is 6.54 Å². The Labute approximate surface area is 79.4 Å². The molecule has 1 heterocycles. The Balaban J connectivity index is 2.21. The maximum absolute atomic E-state index is 11.0. The molecular formula is C9H19N3O. The van der Waals surface area contributed by atoms with E-state index in [9.17, 15) is 4.79 Å². The molecule has 0 spiro atoms. The summed E-state index contributed by atoms with van der Waals surface area (Å²) in [5.41, 5.74) is 2.16. The first kappa shape index (κ1) is 10.5. The van der Waals surface area contributed by atoms with Crippen molar-refractivity contribution in [3.8, 4) is 0 Å². The topological polar surface area (TPSA) is 58.4 Å². The summed E-state index contributed by atoms with van der Waals surface area (Å²) in [5.74, 6) is 5.79.